The third-order valence-electron chi connectivity index (χ3n) is 5.80. The van der Waals surface area contributed by atoms with Crippen LogP contribution < -0.4 is 15.8 Å². The number of aliphatic carboxylic acids is 1. The molecule has 8 nitrogen and oxygen atoms in total. The molecule has 0 saturated carbocycles. The topological polar surface area (TPSA) is 117 Å². The van der Waals surface area contributed by atoms with E-state index >= 15 is 0 Å². The predicted molar refractivity (Wildman–Crippen MR) is 150 cm³/mol. The first kappa shape index (κ1) is 29.4. The van der Waals surface area contributed by atoms with Gasteiger partial charge in [-0.05, 0) is 62.1 Å². The van der Waals surface area contributed by atoms with E-state index in [1.54, 1.807) is 19.2 Å². The van der Waals surface area contributed by atoms with Crippen molar-refractivity contribution in [2.24, 2.45) is 16.6 Å². The number of anilines is 1. The Morgan fingerprint density at radius 1 is 1.16 bits per heavy atom. The van der Waals surface area contributed by atoms with Crippen LogP contribution in [0.1, 0.15) is 57.3 Å². The minimum atomic E-state index is -0.934. The molecule has 8 heteroatoms. The lowest BCUT2D eigenvalue weighted by molar-refractivity contribution is -0.137. The van der Waals surface area contributed by atoms with Crippen molar-refractivity contribution in [2.45, 2.75) is 53.0 Å². The van der Waals surface area contributed by atoms with E-state index in [2.05, 4.69) is 19.2 Å². The van der Waals surface area contributed by atoms with E-state index in [1.807, 2.05) is 56.5 Å². The van der Waals surface area contributed by atoms with E-state index in [-0.39, 0.29) is 24.9 Å². The maximum Gasteiger partial charge on any atom is 0.305 e. The van der Waals surface area contributed by atoms with E-state index in [0.29, 0.717) is 24.5 Å². The van der Waals surface area contributed by atoms with Gasteiger partial charge in [0.2, 0.25) is 0 Å². The first-order valence-electron chi connectivity index (χ1n) is 12.7. The van der Waals surface area contributed by atoms with E-state index in [9.17, 15) is 9.59 Å². The molecule has 0 aliphatic rings. The zero-order valence-corrected chi connectivity index (χ0v) is 22.5. The summed E-state index contributed by atoms with van der Waals surface area (Å²) in [5, 5.41) is 12.4. The van der Waals surface area contributed by atoms with Gasteiger partial charge >= 0.3 is 5.97 Å². The average Bonchev–Trinajstić information content (AvgIpc) is 2.87. The van der Waals surface area contributed by atoms with Crippen molar-refractivity contribution in [3.8, 4) is 5.75 Å². The molecule has 1 amide bonds. The van der Waals surface area contributed by atoms with Crippen LogP contribution in [-0.2, 0) is 4.79 Å². The van der Waals surface area contributed by atoms with Crippen molar-refractivity contribution in [1.29, 1.82) is 0 Å². The minimum Gasteiger partial charge on any atom is -0.494 e. The Labute approximate surface area is 220 Å². The van der Waals surface area contributed by atoms with Crippen molar-refractivity contribution >= 4 is 29.5 Å². The number of aliphatic imine (C=N–C) groups is 1. The number of nitrogens with one attached hydrogen (secondary N) is 1. The number of nitrogens with zero attached hydrogens (tertiary/aromatic N) is 2. The van der Waals surface area contributed by atoms with Crippen LogP contribution in [0.2, 0.25) is 0 Å². The summed E-state index contributed by atoms with van der Waals surface area (Å²) in [5.74, 6) is 0.0155. The predicted octanol–water partition coefficient (Wildman–Crippen LogP) is 5.48. The quantitative estimate of drug-likeness (QED) is 0.291. The molecular formula is C29H40N4O4. The van der Waals surface area contributed by atoms with E-state index < -0.39 is 5.97 Å². The maximum absolute atomic E-state index is 12.6. The van der Waals surface area contributed by atoms with Gasteiger partial charge in [0, 0.05) is 48.4 Å². The number of nitrogens with two attached hydrogens (primary N) is 1. The second-order valence-corrected chi connectivity index (χ2v) is 9.30. The Morgan fingerprint density at radius 2 is 1.86 bits per heavy atom. The summed E-state index contributed by atoms with van der Waals surface area (Å²) >= 11 is 0. The molecule has 0 bridgehead atoms. The van der Waals surface area contributed by atoms with Crippen molar-refractivity contribution in [1.82, 2.24) is 4.90 Å². The molecule has 200 valence electrons. The fourth-order valence-corrected chi connectivity index (χ4v) is 3.80. The van der Waals surface area contributed by atoms with Crippen molar-refractivity contribution in [3.05, 3.63) is 65.4 Å². The van der Waals surface area contributed by atoms with Crippen LogP contribution in [0.4, 0.5) is 11.4 Å². The summed E-state index contributed by atoms with van der Waals surface area (Å²) in [5.41, 5.74) is 10.3. The summed E-state index contributed by atoms with van der Waals surface area (Å²) in [6.45, 7) is 9.03. The Bertz CT molecular complexity index is 1090. The van der Waals surface area contributed by atoms with Crippen LogP contribution in [0.25, 0.3) is 0 Å². The Morgan fingerprint density at radius 3 is 2.46 bits per heavy atom. The van der Waals surface area contributed by atoms with Gasteiger partial charge in [-0.2, -0.15) is 0 Å². The van der Waals surface area contributed by atoms with Crippen LogP contribution in [0.5, 0.6) is 5.75 Å². The highest BCUT2D eigenvalue weighted by molar-refractivity contribution is 5.94. The lowest BCUT2D eigenvalue weighted by atomic mass is 9.95. The fraction of sp³-hybridized carbons (Fsp3) is 0.414. The molecule has 0 radical (unpaired) electrons. The third kappa shape index (κ3) is 9.63. The first-order chi connectivity index (χ1) is 17.6. The standard InChI is InChI=1S/C29H40N4O4/c1-6-26(30)25(19-31-23-9-8-10-24(18-23)37-7-2)27(17-20(3)4)32-22-13-11-21(12-14-22)29(36)33(5)16-15-28(34)35/h8-14,18-20,27,32H,6-7,15-17,30H2,1-5H3,(H,34,35). The number of carbonyl (C=O) groups excluding carboxylic acids is 1. The number of carboxylic acids is 1. The molecule has 0 spiro atoms. The van der Waals surface area contributed by atoms with Crippen molar-refractivity contribution < 1.29 is 19.4 Å². The second-order valence-electron chi connectivity index (χ2n) is 9.30. The molecule has 2 aromatic carbocycles. The lowest BCUT2D eigenvalue weighted by Crippen LogP contribution is -2.29. The highest BCUT2D eigenvalue weighted by atomic mass is 16.5. The number of benzene rings is 2. The summed E-state index contributed by atoms with van der Waals surface area (Å²) in [6, 6.07) is 14.8. The highest BCUT2D eigenvalue weighted by Crippen LogP contribution is 2.24. The van der Waals surface area contributed by atoms with Crippen LogP contribution >= 0.6 is 0 Å². The second kappa shape index (κ2) is 14.7. The Balaban J connectivity index is 2.26. The highest BCUT2D eigenvalue weighted by Gasteiger charge is 2.19. The number of rotatable bonds is 14. The molecule has 1 unspecified atom stereocenters. The number of allylic oxidation sites excluding steroid dienone is 1. The maximum atomic E-state index is 12.6. The zero-order chi connectivity index (χ0) is 27.4. The van der Waals surface area contributed by atoms with Crippen LogP contribution in [-0.4, -0.2) is 54.3 Å². The molecule has 0 saturated heterocycles. The molecule has 0 aliphatic heterocycles. The van der Waals surface area contributed by atoms with Gasteiger partial charge in [-0.1, -0.05) is 26.8 Å². The molecule has 4 N–H and O–H groups in total. The van der Waals surface area contributed by atoms with Gasteiger partial charge in [-0.25, -0.2) is 0 Å². The lowest BCUT2D eigenvalue weighted by Gasteiger charge is -2.24. The van der Waals surface area contributed by atoms with E-state index in [1.165, 1.54) is 4.90 Å². The van der Waals surface area contributed by atoms with Gasteiger partial charge in [0.25, 0.3) is 5.91 Å². The smallest absolute Gasteiger partial charge is 0.305 e. The Hall–Kier alpha value is -3.81. The molecular weight excluding hydrogens is 468 g/mol. The number of hydrogen-bond acceptors (Lipinski definition) is 6. The molecule has 0 aromatic heterocycles. The summed E-state index contributed by atoms with van der Waals surface area (Å²) < 4.78 is 5.59. The van der Waals surface area contributed by atoms with Gasteiger partial charge in [0.05, 0.1) is 24.8 Å². The molecule has 2 rings (SSSR count). The van der Waals surface area contributed by atoms with Crippen molar-refractivity contribution in [3.63, 3.8) is 0 Å². The largest absolute Gasteiger partial charge is 0.494 e. The number of carboxylic acid groups (broad SMARTS) is 1. The summed E-state index contributed by atoms with van der Waals surface area (Å²) in [6.07, 6.45) is 3.26. The number of hydrogen-bond donors (Lipinski definition) is 3. The van der Waals surface area contributed by atoms with Gasteiger partial charge in [-0.15, -0.1) is 0 Å². The fourth-order valence-electron chi connectivity index (χ4n) is 3.80. The van der Waals surface area contributed by atoms with Crippen LogP contribution in [0, 0.1) is 5.92 Å². The first-order valence-corrected chi connectivity index (χ1v) is 12.7. The van der Waals surface area contributed by atoms with Gasteiger partial charge < -0.3 is 25.8 Å². The monoisotopic (exact) mass is 508 g/mol. The van der Waals surface area contributed by atoms with E-state index in [0.717, 1.165) is 34.8 Å². The van der Waals surface area contributed by atoms with Crippen LogP contribution in [0.3, 0.4) is 0 Å². The van der Waals surface area contributed by atoms with Crippen LogP contribution in [0.15, 0.2) is 64.8 Å². The molecule has 2 aromatic rings. The van der Waals surface area contributed by atoms with Gasteiger partial charge in [0.15, 0.2) is 0 Å². The number of ether oxygens (including phenoxy) is 1. The normalized spacial score (nSPS) is 12.8. The number of amides is 1. The van der Waals surface area contributed by atoms with Gasteiger partial charge in [-0.3, -0.25) is 14.6 Å². The molecule has 0 fully saturated rings. The minimum absolute atomic E-state index is 0.0847. The van der Waals surface area contributed by atoms with Gasteiger partial charge in [0.1, 0.15) is 5.75 Å². The summed E-state index contributed by atoms with van der Waals surface area (Å²) in [4.78, 5) is 29.5. The summed E-state index contributed by atoms with van der Waals surface area (Å²) in [7, 11) is 1.60. The molecule has 1 atom stereocenters. The molecule has 0 aliphatic carbocycles. The molecule has 37 heavy (non-hydrogen) atoms. The third-order valence-corrected chi connectivity index (χ3v) is 5.80. The SMILES string of the molecule is CCOc1cccc(N=CC(=C(N)CC)C(CC(C)C)Nc2ccc(C(=O)N(C)CCC(=O)O)cc2)c1. The van der Waals surface area contributed by atoms with E-state index in [4.69, 9.17) is 20.6 Å². The van der Waals surface area contributed by atoms with Crippen molar-refractivity contribution in [2.75, 3.05) is 25.5 Å². The Kier molecular flexibility index (Phi) is 11.7. The zero-order valence-electron chi connectivity index (χ0n) is 22.5. The average molecular weight is 509 g/mol. The molecule has 0 heterocycles. The number of carbonyl (C=O) groups is 2.